The summed E-state index contributed by atoms with van der Waals surface area (Å²) >= 11 is 5.85. The molecule has 4 N–H and O–H groups in total. The zero-order chi connectivity index (χ0) is 13.1. The molecule has 1 heterocycles. The smallest absolute Gasteiger partial charge is 0.314 e. The highest BCUT2D eigenvalue weighted by Gasteiger charge is 2.26. The van der Waals surface area contributed by atoms with Gasteiger partial charge in [0, 0.05) is 24.2 Å². The van der Waals surface area contributed by atoms with E-state index in [1.54, 1.807) is 4.90 Å². The zero-order valence-electron chi connectivity index (χ0n) is 10.2. The van der Waals surface area contributed by atoms with E-state index in [0.717, 1.165) is 17.9 Å². The van der Waals surface area contributed by atoms with Gasteiger partial charge in [0.1, 0.15) is 0 Å². The van der Waals surface area contributed by atoms with Crippen molar-refractivity contribution in [3.8, 4) is 0 Å². The number of carbonyl (C=O) groups is 1. The van der Waals surface area contributed by atoms with Crippen LogP contribution in [0.15, 0.2) is 24.3 Å². The van der Waals surface area contributed by atoms with E-state index in [2.05, 4.69) is 0 Å². The van der Waals surface area contributed by atoms with Crippen LogP contribution in [-0.2, 0) is 6.42 Å². The van der Waals surface area contributed by atoms with Gasteiger partial charge in [-0.1, -0.05) is 23.7 Å². The molecule has 1 fully saturated rings. The Hall–Kier alpha value is -1.26. The van der Waals surface area contributed by atoms with Crippen molar-refractivity contribution in [3.63, 3.8) is 0 Å². The summed E-state index contributed by atoms with van der Waals surface area (Å²) in [6, 6.07) is 7.42. The summed E-state index contributed by atoms with van der Waals surface area (Å²) in [5.41, 5.74) is 12.5. The fraction of sp³-hybridized carbons (Fsp3) is 0.462. The molecular formula is C13H18ClN3O. The number of benzene rings is 1. The van der Waals surface area contributed by atoms with Crippen LogP contribution in [0.4, 0.5) is 4.79 Å². The van der Waals surface area contributed by atoms with Crippen LogP contribution in [0.3, 0.4) is 0 Å². The molecule has 1 aliphatic rings. The second kappa shape index (κ2) is 5.59. The molecule has 0 aliphatic carbocycles. The van der Waals surface area contributed by atoms with Crippen molar-refractivity contribution >= 4 is 17.6 Å². The molecule has 1 aliphatic heterocycles. The van der Waals surface area contributed by atoms with Gasteiger partial charge in [-0.2, -0.15) is 0 Å². The minimum absolute atomic E-state index is 0.0172. The summed E-state index contributed by atoms with van der Waals surface area (Å²) in [6.45, 7) is 1.25. The molecule has 18 heavy (non-hydrogen) atoms. The summed E-state index contributed by atoms with van der Waals surface area (Å²) in [5.74, 6) is 0.363. The van der Waals surface area contributed by atoms with E-state index >= 15 is 0 Å². The molecule has 0 bridgehead atoms. The summed E-state index contributed by atoms with van der Waals surface area (Å²) in [4.78, 5) is 12.9. The van der Waals surface area contributed by atoms with Crippen molar-refractivity contribution in [2.45, 2.75) is 18.9 Å². The largest absolute Gasteiger partial charge is 0.351 e. The number of carbonyl (C=O) groups excluding carboxylic acids is 1. The third kappa shape index (κ3) is 3.37. The number of primary amides is 1. The molecule has 2 unspecified atom stereocenters. The highest BCUT2D eigenvalue weighted by Crippen LogP contribution is 2.21. The van der Waals surface area contributed by atoms with E-state index < -0.39 is 0 Å². The number of amides is 2. The quantitative estimate of drug-likeness (QED) is 0.854. The van der Waals surface area contributed by atoms with Gasteiger partial charge in [-0.05, 0) is 36.5 Å². The highest BCUT2D eigenvalue weighted by molar-refractivity contribution is 6.30. The fourth-order valence-corrected chi connectivity index (χ4v) is 2.65. The summed E-state index contributed by atoms with van der Waals surface area (Å²) in [5, 5.41) is 0.734. The first-order valence-electron chi connectivity index (χ1n) is 6.09. The average molecular weight is 268 g/mol. The predicted molar refractivity (Wildman–Crippen MR) is 72.4 cm³/mol. The SMILES string of the molecule is NC(=O)N1CC(N)CC(Cc2ccc(Cl)cc2)C1. The molecule has 1 aromatic carbocycles. The maximum absolute atomic E-state index is 11.2. The van der Waals surface area contributed by atoms with Gasteiger partial charge in [0.2, 0.25) is 0 Å². The van der Waals surface area contributed by atoms with Crippen LogP contribution in [0, 0.1) is 5.92 Å². The molecule has 0 aromatic heterocycles. The number of hydrogen-bond acceptors (Lipinski definition) is 2. The van der Waals surface area contributed by atoms with E-state index in [0.29, 0.717) is 19.0 Å². The lowest BCUT2D eigenvalue weighted by Gasteiger charge is -2.35. The van der Waals surface area contributed by atoms with E-state index in [1.807, 2.05) is 24.3 Å². The molecule has 98 valence electrons. The van der Waals surface area contributed by atoms with Gasteiger partial charge in [0.15, 0.2) is 0 Å². The fourth-order valence-electron chi connectivity index (χ4n) is 2.53. The topological polar surface area (TPSA) is 72.4 Å². The van der Waals surface area contributed by atoms with Gasteiger partial charge in [-0.25, -0.2) is 4.79 Å². The number of rotatable bonds is 2. The van der Waals surface area contributed by atoms with Gasteiger partial charge >= 0.3 is 6.03 Å². The Morgan fingerprint density at radius 2 is 2.00 bits per heavy atom. The van der Waals surface area contributed by atoms with Crippen molar-refractivity contribution in [2.75, 3.05) is 13.1 Å². The van der Waals surface area contributed by atoms with Crippen molar-refractivity contribution < 1.29 is 4.79 Å². The second-order valence-electron chi connectivity index (χ2n) is 4.94. The molecular weight excluding hydrogens is 250 g/mol. The van der Waals surface area contributed by atoms with E-state index in [4.69, 9.17) is 23.1 Å². The van der Waals surface area contributed by atoms with Crippen LogP contribution in [0.5, 0.6) is 0 Å². The normalized spacial score (nSPS) is 24.0. The summed E-state index contributed by atoms with van der Waals surface area (Å²) in [7, 11) is 0. The number of hydrogen-bond donors (Lipinski definition) is 2. The number of urea groups is 1. The molecule has 0 radical (unpaired) electrons. The van der Waals surface area contributed by atoms with Crippen molar-refractivity contribution in [1.82, 2.24) is 4.90 Å². The third-order valence-corrected chi connectivity index (χ3v) is 3.57. The molecule has 0 spiro atoms. The Balaban J connectivity index is 2.00. The summed E-state index contributed by atoms with van der Waals surface area (Å²) in [6.07, 6.45) is 1.82. The Labute approximate surface area is 112 Å². The highest BCUT2D eigenvalue weighted by atomic mass is 35.5. The van der Waals surface area contributed by atoms with E-state index in [-0.39, 0.29) is 12.1 Å². The van der Waals surface area contributed by atoms with Crippen molar-refractivity contribution in [3.05, 3.63) is 34.9 Å². The van der Waals surface area contributed by atoms with Gasteiger partial charge in [-0.15, -0.1) is 0 Å². The molecule has 1 saturated heterocycles. The molecule has 2 amide bonds. The average Bonchev–Trinajstić information content (AvgIpc) is 2.31. The number of likely N-dealkylation sites (tertiary alicyclic amines) is 1. The van der Waals surface area contributed by atoms with Crippen LogP contribution < -0.4 is 11.5 Å². The molecule has 2 atom stereocenters. The van der Waals surface area contributed by atoms with Crippen molar-refractivity contribution in [2.24, 2.45) is 17.4 Å². The van der Waals surface area contributed by atoms with Gasteiger partial charge < -0.3 is 16.4 Å². The van der Waals surface area contributed by atoms with Crippen LogP contribution in [0.2, 0.25) is 5.02 Å². The zero-order valence-corrected chi connectivity index (χ0v) is 10.9. The van der Waals surface area contributed by atoms with Crippen LogP contribution in [0.1, 0.15) is 12.0 Å². The van der Waals surface area contributed by atoms with Crippen LogP contribution in [-0.4, -0.2) is 30.1 Å². The van der Waals surface area contributed by atoms with Gasteiger partial charge in [0.25, 0.3) is 0 Å². The Kier molecular flexibility index (Phi) is 4.09. The number of halogens is 1. The number of nitrogens with zero attached hydrogens (tertiary/aromatic N) is 1. The Bertz CT molecular complexity index is 421. The van der Waals surface area contributed by atoms with Gasteiger partial charge in [-0.3, -0.25) is 0 Å². The molecule has 4 nitrogen and oxygen atoms in total. The lowest BCUT2D eigenvalue weighted by atomic mass is 9.89. The third-order valence-electron chi connectivity index (χ3n) is 3.32. The second-order valence-corrected chi connectivity index (χ2v) is 5.37. The van der Waals surface area contributed by atoms with Crippen molar-refractivity contribution in [1.29, 1.82) is 0 Å². The predicted octanol–water partition coefficient (Wildman–Crippen LogP) is 1.61. The molecule has 0 saturated carbocycles. The lowest BCUT2D eigenvalue weighted by Crippen LogP contribution is -2.51. The van der Waals surface area contributed by atoms with E-state index in [9.17, 15) is 4.79 Å². The first-order valence-corrected chi connectivity index (χ1v) is 6.47. The Morgan fingerprint density at radius 1 is 1.33 bits per heavy atom. The maximum Gasteiger partial charge on any atom is 0.314 e. The summed E-state index contributed by atoms with van der Waals surface area (Å²) < 4.78 is 0. The monoisotopic (exact) mass is 267 g/mol. The lowest BCUT2D eigenvalue weighted by molar-refractivity contribution is 0.163. The van der Waals surface area contributed by atoms with E-state index in [1.165, 1.54) is 5.56 Å². The van der Waals surface area contributed by atoms with Crippen LogP contribution >= 0.6 is 11.6 Å². The minimum atomic E-state index is -0.383. The number of piperidine rings is 1. The number of nitrogens with two attached hydrogens (primary N) is 2. The minimum Gasteiger partial charge on any atom is -0.351 e. The standard InChI is InChI=1S/C13H18ClN3O/c14-11-3-1-9(2-4-11)5-10-6-12(15)8-17(7-10)13(16)18/h1-4,10,12H,5-8,15H2,(H2,16,18). The first-order chi connectivity index (χ1) is 8.54. The van der Waals surface area contributed by atoms with Crippen LogP contribution in [0.25, 0.3) is 0 Å². The Morgan fingerprint density at radius 3 is 2.61 bits per heavy atom. The maximum atomic E-state index is 11.2. The molecule has 1 aromatic rings. The van der Waals surface area contributed by atoms with Gasteiger partial charge in [0.05, 0.1) is 0 Å². The molecule has 5 heteroatoms. The first kappa shape index (κ1) is 13.2. The molecule has 2 rings (SSSR count).